The lowest BCUT2D eigenvalue weighted by Crippen LogP contribution is -2.30. The van der Waals surface area contributed by atoms with Crippen LogP contribution in [0.15, 0.2) is 65.9 Å². The Morgan fingerprint density at radius 2 is 1.68 bits per heavy atom. The average molecular weight is 551 g/mol. The zero-order valence-electron chi connectivity index (χ0n) is 25.5. The highest BCUT2D eigenvalue weighted by atomic mass is 14.9. The van der Waals surface area contributed by atoms with Crippen LogP contribution >= 0.6 is 0 Å². The van der Waals surface area contributed by atoms with E-state index in [4.69, 9.17) is 0 Å². The molecule has 2 fully saturated rings. The summed E-state index contributed by atoms with van der Waals surface area (Å²) >= 11 is 0. The van der Waals surface area contributed by atoms with Gasteiger partial charge in [-0.25, -0.2) is 4.98 Å². The van der Waals surface area contributed by atoms with Crippen LogP contribution in [0.25, 0.3) is 28.1 Å². The van der Waals surface area contributed by atoms with Crippen LogP contribution in [0, 0.1) is 23.7 Å². The molecule has 0 amide bonds. The standard InChI is InChI=1S/C37H50N4/c1-5-6-8-27(3)37-40-25-36(41-37)32-21-17-29(18-22-32)28-15-19-31(20-16-28)35(24-38-4)39-23-33-9-7-10-34(33)30-13-11-26(2)12-14-30/h15-22,24-27,30,33-34,39H,4-14,23H2,1-3H3,(H,40,41)/b35-24-/t26?,27-,30?,33-,34?/m0/s1. The van der Waals surface area contributed by atoms with E-state index in [1.807, 2.05) is 12.4 Å². The molecule has 4 heteroatoms. The van der Waals surface area contributed by atoms with Crippen molar-refractivity contribution in [2.45, 2.75) is 90.9 Å². The van der Waals surface area contributed by atoms with E-state index in [1.54, 1.807) is 0 Å². The summed E-state index contributed by atoms with van der Waals surface area (Å²) in [6.45, 7) is 11.7. The molecule has 5 rings (SSSR count). The summed E-state index contributed by atoms with van der Waals surface area (Å²) in [5, 5.41) is 3.78. The molecule has 1 heterocycles. The second kappa shape index (κ2) is 14.2. The lowest BCUT2D eigenvalue weighted by Gasteiger charge is -2.34. The molecule has 2 saturated carbocycles. The number of hydrogen-bond donors (Lipinski definition) is 2. The molecule has 3 aromatic rings. The second-order valence-electron chi connectivity index (χ2n) is 12.9. The maximum Gasteiger partial charge on any atom is 0.109 e. The quantitative estimate of drug-likeness (QED) is 0.220. The van der Waals surface area contributed by atoms with Crippen LogP contribution in [0.1, 0.15) is 102 Å². The minimum Gasteiger partial charge on any atom is -0.383 e. The smallest absolute Gasteiger partial charge is 0.109 e. The zero-order chi connectivity index (χ0) is 28.6. The summed E-state index contributed by atoms with van der Waals surface area (Å²) < 4.78 is 0. The first-order valence-electron chi connectivity index (χ1n) is 16.2. The molecule has 0 saturated heterocycles. The molecule has 4 nitrogen and oxygen atoms in total. The number of benzene rings is 2. The van der Waals surface area contributed by atoms with Gasteiger partial charge in [-0.05, 0) is 84.7 Å². The SMILES string of the molecule is C=N/C=C(\NC[C@@H]1CCCC1C1CCC(C)CC1)c1ccc(-c2ccc(-c3cnc([C@@H](C)CCCC)[nH]3)cc2)cc1. The van der Waals surface area contributed by atoms with Gasteiger partial charge in [-0.2, -0.15) is 0 Å². The topological polar surface area (TPSA) is 53.1 Å². The van der Waals surface area contributed by atoms with Crippen molar-refractivity contribution in [2.75, 3.05) is 6.54 Å². The van der Waals surface area contributed by atoms with Crippen LogP contribution < -0.4 is 5.32 Å². The summed E-state index contributed by atoms with van der Waals surface area (Å²) in [6, 6.07) is 17.6. The van der Waals surface area contributed by atoms with Gasteiger partial charge in [0, 0.05) is 18.7 Å². The number of imidazole rings is 1. The summed E-state index contributed by atoms with van der Waals surface area (Å²) in [7, 11) is 0. The Morgan fingerprint density at radius 3 is 2.37 bits per heavy atom. The normalized spacial score (nSPS) is 23.8. The fraction of sp³-hybridized carbons (Fsp3) is 0.514. The average Bonchev–Trinajstić information content (AvgIpc) is 3.69. The van der Waals surface area contributed by atoms with E-state index in [2.05, 4.69) is 96.3 Å². The minimum atomic E-state index is 0.464. The van der Waals surface area contributed by atoms with Crippen molar-refractivity contribution in [3.05, 3.63) is 72.3 Å². The predicted molar refractivity (Wildman–Crippen MR) is 175 cm³/mol. The number of aliphatic imine (C=N–C) groups is 1. The van der Waals surface area contributed by atoms with Gasteiger partial charge in [-0.15, -0.1) is 0 Å². The van der Waals surface area contributed by atoms with Gasteiger partial charge in [-0.1, -0.05) is 101 Å². The third-order valence-electron chi connectivity index (χ3n) is 9.94. The van der Waals surface area contributed by atoms with E-state index in [-0.39, 0.29) is 0 Å². The monoisotopic (exact) mass is 550 g/mol. The van der Waals surface area contributed by atoms with Crippen molar-refractivity contribution < 1.29 is 0 Å². The van der Waals surface area contributed by atoms with Crippen LogP contribution in [0.2, 0.25) is 0 Å². The van der Waals surface area contributed by atoms with Gasteiger partial charge in [0.15, 0.2) is 0 Å². The van der Waals surface area contributed by atoms with E-state index >= 15 is 0 Å². The molecule has 1 aromatic heterocycles. The van der Waals surface area contributed by atoms with E-state index in [0.717, 1.165) is 47.4 Å². The highest BCUT2D eigenvalue weighted by Gasteiger charge is 2.35. The maximum atomic E-state index is 4.66. The molecule has 2 N–H and O–H groups in total. The summed E-state index contributed by atoms with van der Waals surface area (Å²) in [6.07, 6.45) is 17.4. The summed E-state index contributed by atoms with van der Waals surface area (Å²) in [5.74, 6) is 5.06. The molecular formula is C37H50N4. The lowest BCUT2D eigenvalue weighted by atomic mass is 9.73. The van der Waals surface area contributed by atoms with Gasteiger partial charge in [0.05, 0.1) is 17.6 Å². The Bertz CT molecular complexity index is 1260. The summed E-state index contributed by atoms with van der Waals surface area (Å²) in [4.78, 5) is 12.3. The van der Waals surface area contributed by atoms with Gasteiger partial charge in [0.2, 0.25) is 0 Å². The number of nitrogens with zero attached hydrogens (tertiary/aromatic N) is 2. The molecule has 0 spiro atoms. The third kappa shape index (κ3) is 7.39. The molecule has 3 atom stereocenters. The molecule has 2 aliphatic rings. The first kappa shape index (κ1) is 29.4. The van der Waals surface area contributed by atoms with Crippen molar-refractivity contribution >= 4 is 12.4 Å². The number of rotatable bonds is 12. The maximum absolute atomic E-state index is 4.66. The fourth-order valence-electron chi connectivity index (χ4n) is 7.27. The van der Waals surface area contributed by atoms with Gasteiger partial charge in [0.25, 0.3) is 0 Å². The number of aromatic nitrogens is 2. The summed E-state index contributed by atoms with van der Waals surface area (Å²) in [5.41, 5.74) is 6.94. The number of aromatic amines is 1. The Kier molecular flexibility index (Phi) is 10.1. The van der Waals surface area contributed by atoms with Crippen molar-refractivity contribution in [1.29, 1.82) is 0 Å². The van der Waals surface area contributed by atoms with Gasteiger partial charge >= 0.3 is 0 Å². The molecule has 0 aliphatic heterocycles. The van der Waals surface area contributed by atoms with Crippen LogP contribution in [0.5, 0.6) is 0 Å². The van der Waals surface area contributed by atoms with E-state index < -0.39 is 0 Å². The molecule has 1 unspecified atom stereocenters. The molecule has 2 aliphatic carbocycles. The second-order valence-corrected chi connectivity index (χ2v) is 12.9. The highest BCUT2D eigenvalue weighted by Crippen LogP contribution is 2.44. The predicted octanol–water partition coefficient (Wildman–Crippen LogP) is 9.87. The van der Waals surface area contributed by atoms with E-state index in [9.17, 15) is 0 Å². The highest BCUT2D eigenvalue weighted by molar-refractivity contribution is 5.72. The van der Waals surface area contributed by atoms with Crippen molar-refractivity contribution in [3.8, 4) is 22.4 Å². The van der Waals surface area contributed by atoms with Crippen molar-refractivity contribution in [3.63, 3.8) is 0 Å². The Hall–Kier alpha value is -3.14. The Labute approximate surface area is 248 Å². The number of H-pyrrole nitrogens is 1. The fourth-order valence-corrected chi connectivity index (χ4v) is 7.27. The van der Waals surface area contributed by atoms with Crippen LogP contribution in [-0.4, -0.2) is 23.2 Å². The van der Waals surface area contributed by atoms with Gasteiger partial charge in [-0.3, -0.25) is 4.99 Å². The van der Waals surface area contributed by atoms with E-state index in [0.29, 0.717) is 5.92 Å². The van der Waals surface area contributed by atoms with Crippen LogP contribution in [0.3, 0.4) is 0 Å². The van der Waals surface area contributed by atoms with Gasteiger partial charge in [0.1, 0.15) is 5.82 Å². The van der Waals surface area contributed by atoms with E-state index in [1.165, 1.54) is 86.5 Å². The van der Waals surface area contributed by atoms with Crippen molar-refractivity contribution in [2.24, 2.45) is 28.7 Å². The lowest BCUT2D eigenvalue weighted by molar-refractivity contribution is 0.177. The Morgan fingerprint density at radius 1 is 1.00 bits per heavy atom. The van der Waals surface area contributed by atoms with Crippen molar-refractivity contribution in [1.82, 2.24) is 15.3 Å². The molecule has 218 valence electrons. The third-order valence-corrected chi connectivity index (χ3v) is 9.94. The molecule has 2 aromatic carbocycles. The molecular weight excluding hydrogens is 500 g/mol. The first-order valence-corrected chi connectivity index (χ1v) is 16.2. The Balaban J connectivity index is 1.20. The molecule has 41 heavy (non-hydrogen) atoms. The largest absolute Gasteiger partial charge is 0.383 e. The number of nitrogens with one attached hydrogen (secondary N) is 2. The van der Waals surface area contributed by atoms with Crippen LogP contribution in [0.4, 0.5) is 0 Å². The number of unbranched alkanes of at least 4 members (excludes halogenated alkanes) is 1. The first-order chi connectivity index (χ1) is 20.1. The van der Waals surface area contributed by atoms with Crippen LogP contribution in [-0.2, 0) is 0 Å². The number of hydrogen-bond acceptors (Lipinski definition) is 3. The van der Waals surface area contributed by atoms with Gasteiger partial charge < -0.3 is 10.3 Å². The zero-order valence-corrected chi connectivity index (χ0v) is 25.5. The molecule has 0 bridgehead atoms. The minimum absolute atomic E-state index is 0.464. The molecule has 0 radical (unpaired) electrons.